The van der Waals surface area contributed by atoms with Crippen molar-refractivity contribution in [2.24, 2.45) is 0 Å². The normalized spacial score (nSPS) is 14.1. The van der Waals surface area contributed by atoms with Crippen molar-refractivity contribution in [2.45, 2.75) is 17.7 Å². The van der Waals surface area contributed by atoms with Gasteiger partial charge in [-0.25, -0.2) is 0 Å². The van der Waals surface area contributed by atoms with E-state index in [0.717, 1.165) is 0 Å². The lowest BCUT2D eigenvalue weighted by Gasteiger charge is -2.35. The predicted octanol–water partition coefficient (Wildman–Crippen LogP) is 3.77. The Kier molecular flexibility index (Phi) is 7.23. The van der Waals surface area contributed by atoms with E-state index in [4.69, 9.17) is 16.3 Å². The van der Waals surface area contributed by atoms with E-state index in [9.17, 15) is 9.59 Å². The van der Waals surface area contributed by atoms with Gasteiger partial charge >= 0.3 is 0 Å². The number of carbonyl (C=O) groups excluding carboxylic acids is 2. The number of para-hydroxylation sites is 1. The summed E-state index contributed by atoms with van der Waals surface area (Å²) in [6.07, 6.45) is 1.04. The molecule has 0 atom stereocenters. The van der Waals surface area contributed by atoms with E-state index in [1.807, 2.05) is 35.2 Å². The van der Waals surface area contributed by atoms with Crippen molar-refractivity contribution in [2.75, 3.05) is 32.8 Å². The second-order valence-electron chi connectivity index (χ2n) is 6.57. The van der Waals surface area contributed by atoms with Crippen molar-refractivity contribution in [1.29, 1.82) is 0 Å². The Balaban J connectivity index is 1.41. The molecule has 1 saturated heterocycles. The van der Waals surface area contributed by atoms with Crippen LogP contribution in [0.1, 0.15) is 23.2 Å². The number of ether oxygens (including phenoxy) is 1. The van der Waals surface area contributed by atoms with Crippen LogP contribution in [0.4, 0.5) is 0 Å². The second kappa shape index (κ2) is 9.85. The molecule has 1 fully saturated rings. The maximum Gasteiger partial charge on any atom is 0.255 e. The smallest absolute Gasteiger partial charge is 0.255 e. The van der Waals surface area contributed by atoms with Gasteiger partial charge in [-0.3, -0.25) is 9.59 Å². The monoisotopic (exact) mass is 418 g/mol. The molecule has 0 saturated carbocycles. The Hall–Kier alpha value is -2.18. The fourth-order valence-electron chi connectivity index (χ4n) is 3.11. The number of piperazine rings is 1. The molecule has 0 aliphatic carbocycles. The second-order valence-corrected chi connectivity index (χ2v) is 7.46. The molecule has 2 aromatic rings. The number of rotatable bonds is 6. The predicted molar refractivity (Wildman–Crippen MR) is 112 cm³/mol. The molecule has 0 unspecified atom stereocenters. The Morgan fingerprint density at radius 1 is 0.964 bits per heavy atom. The van der Waals surface area contributed by atoms with E-state index >= 15 is 0 Å². The van der Waals surface area contributed by atoms with E-state index in [0.29, 0.717) is 66.9 Å². The van der Waals surface area contributed by atoms with Crippen LogP contribution in [-0.2, 0) is 4.79 Å². The quantitative estimate of drug-likeness (QED) is 0.573. The van der Waals surface area contributed by atoms with E-state index in [1.54, 1.807) is 23.1 Å². The number of halogens is 1. The zero-order valence-electron chi connectivity index (χ0n) is 15.5. The van der Waals surface area contributed by atoms with E-state index < -0.39 is 0 Å². The average Bonchev–Trinajstić information content (AvgIpc) is 2.72. The minimum absolute atomic E-state index is 0.0363. The van der Waals surface area contributed by atoms with Crippen LogP contribution in [0.5, 0.6) is 5.75 Å². The lowest BCUT2D eigenvalue weighted by Crippen LogP contribution is -2.50. The van der Waals surface area contributed by atoms with Gasteiger partial charge in [0.25, 0.3) is 5.91 Å². The molecule has 1 aliphatic rings. The molecule has 1 heterocycles. The molecule has 0 radical (unpaired) electrons. The Morgan fingerprint density at radius 3 is 2.32 bits per heavy atom. The molecule has 148 valence electrons. The summed E-state index contributed by atoms with van der Waals surface area (Å²) in [6.45, 7) is 2.59. The molecule has 2 aromatic carbocycles. The zero-order valence-corrected chi connectivity index (χ0v) is 17.2. The van der Waals surface area contributed by atoms with Crippen LogP contribution in [-0.4, -0.2) is 54.4 Å². The van der Waals surface area contributed by atoms with Crippen LogP contribution in [0, 0.1) is 0 Å². The third kappa shape index (κ3) is 5.20. The summed E-state index contributed by atoms with van der Waals surface area (Å²) < 4.78 is 5.62. The van der Waals surface area contributed by atoms with Crippen molar-refractivity contribution in [3.63, 3.8) is 0 Å². The molecular weight excluding hydrogens is 396 g/mol. The van der Waals surface area contributed by atoms with Gasteiger partial charge in [-0.15, -0.1) is 12.6 Å². The number of nitrogens with zero attached hydrogens (tertiary/aromatic N) is 2. The number of benzene rings is 2. The van der Waals surface area contributed by atoms with Gasteiger partial charge in [0.2, 0.25) is 5.91 Å². The molecule has 0 spiro atoms. The summed E-state index contributed by atoms with van der Waals surface area (Å²) in [6, 6.07) is 14.6. The summed E-state index contributed by atoms with van der Waals surface area (Å²) >= 11 is 10.4. The summed E-state index contributed by atoms with van der Waals surface area (Å²) in [5, 5.41) is 0.567. The molecule has 5 nitrogen and oxygen atoms in total. The summed E-state index contributed by atoms with van der Waals surface area (Å²) in [5.41, 5.74) is 0.599. The van der Waals surface area contributed by atoms with Crippen molar-refractivity contribution in [3.05, 3.63) is 59.1 Å². The third-order valence-corrected chi connectivity index (χ3v) is 5.39. The molecule has 3 rings (SSSR count). The lowest BCUT2D eigenvalue weighted by atomic mass is 10.1. The topological polar surface area (TPSA) is 49.9 Å². The van der Waals surface area contributed by atoms with Gasteiger partial charge < -0.3 is 14.5 Å². The van der Waals surface area contributed by atoms with Crippen LogP contribution in [0.25, 0.3) is 0 Å². The van der Waals surface area contributed by atoms with Crippen molar-refractivity contribution in [3.8, 4) is 5.75 Å². The molecule has 1 aliphatic heterocycles. The summed E-state index contributed by atoms with van der Waals surface area (Å²) in [5.74, 6) is 0.684. The Morgan fingerprint density at radius 2 is 1.61 bits per heavy atom. The lowest BCUT2D eigenvalue weighted by molar-refractivity contribution is -0.132. The van der Waals surface area contributed by atoms with Crippen molar-refractivity contribution in [1.82, 2.24) is 9.80 Å². The van der Waals surface area contributed by atoms with E-state index in [2.05, 4.69) is 12.6 Å². The van der Waals surface area contributed by atoms with Gasteiger partial charge in [-0.05, 0) is 30.7 Å². The van der Waals surface area contributed by atoms with Gasteiger partial charge in [-0.1, -0.05) is 35.9 Å². The first-order valence-electron chi connectivity index (χ1n) is 9.28. The van der Waals surface area contributed by atoms with Crippen molar-refractivity contribution >= 4 is 36.0 Å². The number of hydrogen-bond acceptors (Lipinski definition) is 4. The van der Waals surface area contributed by atoms with E-state index in [-0.39, 0.29) is 11.8 Å². The Bertz CT molecular complexity index is 838. The number of thiol groups is 1. The molecule has 2 amide bonds. The summed E-state index contributed by atoms with van der Waals surface area (Å²) in [7, 11) is 0. The van der Waals surface area contributed by atoms with Gasteiger partial charge in [0.05, 0.1) is 17.2 Å². The first kappa shape index (κ1) is 20.6. The number of hydrogen-bond donors (Lipinski definition) is 1. The van der Waals surface area contributed by atoms with Crippen LogP contribution < -0.4 is 4.74 Å². The molecule has 0 aromatic heterocycles. The van der Waals surface area contributed by atoms with Gasteiger partial charge in [0.1, 0.15) is 5.75 Å². The average molecular weight is 419 g/mol. The highest BCUT2D eigenvalue weighted by molar-refractivity contribution is 7.80. The molecule has 0 N–H and O–H groups in total. The van der Waals surface area contributed by atoms with Crippen LogP contribution in [0.15, 0.2) is 53.4 Å². The fraction of sp³-hybridized carbons (Fsp3) is 0.333. The largest absolute Gasteiger partial charge is 0.492 e. The van der Waals surface area contributed by atoms with Crippen molar-refractivity contribution < 1.29 is 14.3 Å². The summed E-state index contributed by atoms with van der Waals surface area (Å²) in [4.78, 5) is 29.3. The molecule has 7 heteroatoms. The minimum atomic E-state index is -0.0363. The highest BCUT2D eigenvalue weighted by atomic mass is 35.5. The highest BCUT2D eigenvalue weighted by Gasteiger charge is 2.25. The number of carbonyl (C=O) groups is 2. The Labute approximate surface area is 175 Å². The van der Waals surface area contributed by atoms with Gasteiger partial charge in [-0.2, -0.15) is 0 Å². The standard InChI is InChI=1S/C21H23ClN2O3S/c22-17-7-2-3-8-18(17)27-15-5-10-20(25)23-11-13-24(14-12-23)21(26)16-6-1-4-9-19(16)28/h1-4,6-9,28H,5,10-15H2. The molecule has 28 heavy (non-hydrogen) atoms. The number of amides is 2. The maximum absolute atomic E-state index is 12.6. The molecular formula is C21H23ClN2O3S. The first-order chi connectivity index (χ1) is 13.6. The molecule has 0 bridgehead atoms. The van der Waals surface area contributed by atoms with Crippen LogP contribution >= 0.6 is 24.2 Å². The first-order valence-corrected chi connectivity index (χ1v) is 10.1. The highest BCUT2D eigenvalue weighted by Crippen LogP contribution is 2.23. The maximum atomic E-state index is 12.6. The van der Waals surface area contributed by atoms with Crippen LogP contribution in [0.3, 0.4) is 0 Å². The SMILES string of the molecule is O=C(CCCOc1ccccc1Cl)N1CCN(C(=O)c2ccccc2S)CC1. The third-order valence-electron chi connectivity index (χ3n) is 4.68. The zero-order chi connectivity index (χ0) is 19.9. The fourth-order valence-corrected chi connectivity index (χ4v) is 3.56. The van der Waals surface area contributed by atoms with Gasteiger partial charge in [0, 0.05) is 37.5 Å². The van der Waals surface area contributed by atoms with Gasteiger partial charge in [0.15, 0.2) is 0 Å². The van der Waals surface area contributed by atoms with E-state index in [1.165, 1.54) is 0 Å². The van der Waals surface area contributed by atoms with Crippen LogP contribution in [0.2, 0.25) is 5.02 Å². The minimum Gasteiger partial charge on any atom is -0.492 e.